The molecule has 0 saturated carbocycles. The summed E-state index contributed by atoms with van der Waals surface area (Å²) in [6, 6.07) is 7.22. The van der Waals surface area contributed by atoms with E-state index in [2.05, 4.69) is 6.08 Å². The fourth-order valence-corrected chi connectivity index (χ4v) is 1.80. The molecule has 0 saturated heterocycles. The summed E-state index contributed by atoms with van der Waals surface area (Å²) < 4.78 is 5.06. The average Bonchev–Trinajstić information content (AvgIpc) is 2.46. The van der Waals surface area contributed by atoms with E-state index in [0.717, 1.165) is 17.7 Å². The van der Waals surface area contributed by atoms with Crippen LogP contribution in [0.25, 0.3) is 0 Å². The first kappa shape index (κ1) is 12.4. The van der Waals surface area contributed by atoms with Crippen LogP contribution in [0.3, 0.4) is 0 Å². The van der Waals surface area contributed by atoms with Crippen LogP contribution in [0.4, 0.5) is 0 Å². The minimum absolute atomic E-state index is 0.133. The highest BCUT2D eigenvalue weighted by Crippen LogP contribution is 2.15. The van der Waals surface area contributed by atoms with Gasteiger partial charge in [0.05, 0.1) is 7.11 Å². The predicted molar refractivity (Wildman–Crippen MR) is 72.9 cm³/mol. The molecule has 1 aromatic rings. The van der Waals surface area contributed by atoms with E-state index < -0.39 is 0 Å². The van der Waals surface area contributed by atoms with Crippen LogP contribution in [0.2, 0.25) is 0 Å². The van der Waals surface area contributed by atoms with Gasteiger partial charge in [-0.3, -0.25) is 4.79 Å². The van der Waals surface area contributed by atoms with E-state index in [-0.39, 0.29) is 5.78 Å². The highest BCUT2D eigenvalue weighted by atomic mass is 16.5. The zero-order valence-corrected chi connectivity index (χ0v) is 10.4. The molecule has 0 heterocycles. The third-order valence-electron chi connectivity index (χ3n) is 2.87. The summed E-state index contributed by atoms with van der Waals surface area (Å²) >= 11 is 0. The maximum atomic E-state index is 12.0. The third kappa shape index (κ3) is 3.20. The number of carbonyl (C=O) groups excluding carboxylic acids is 1. The van der Waals surface area contributed by atoms with Crippen LogP contribution >= 0.6 is 0 Å². The molecule has 0 radical (unpaired) electrons. The Morgan fingerprint density at radius 1 is 1.28 bits per heavy atom. The van der Waals surface area contributed by atoms with Gasteiger partial charge in [0.25, 0.3) is 0 Å². The largest absolute Gasteiger partial charge is 0.497 e. The summed E-state index contributed by atoms with van der Waals surface area (Å²) in [7, 11) is 1.62. The maximum absolute atomic E-state index is 12.0. The lowest BCUT2D eigenvalue weighted by atomic mass is 10.0. The number of ketones is 1. The lowest BCUT2D eigenvalue weighted by molar-refractivity contribution is 0.0995. The first-order valence-electron chi connectivity index (χ1n) is 5.99. The van der Waals surface area contributed by atoms with Gasteiger partial charge < -0.3 is 4.74 Å². The molecule has 2 nitrogen and oxygen atoms in total. The molecule has 0 unspecified atom stereocenters. The molecule has 0 amide bonds. The lowest BCUT2D eigenvalue weighted by Crippen LogP contribution is -1.97. The van der Waals surface area contributed by atoms with E-state index in [1.807, 2.05) is 36.4 Å². The quantitative estimate of drug-likeness (QED) is 0.750. The number of carbonyl (C=O) groups is 1. The van der Waals surface area contributed by atoms with Gasteiger partial charge >= 0.3 is 0 Å². The smallest absolute Gasteiger partial charge is 0.166 e. The van der Waals surface area contributed by atoms with Gasteiger partial charge in [-0.25, -0.2) is 0 Å². The standard InChI is InChI=1S/C16H16O2/c1-18-15-10-8-14(9-11-15)16(17)12-7-13-5-3-2-4-6-13/h2-5,7-11H,6,12H2,1H3/b13-7-. The van der Waals surface area contributed by atoms with Gasteiger partial charge in [0, 0.05) is 12.0 Å². The monoisotopic (exact) mass is 240 g/mol. The summed E-state index contributed by atoms with van der Waals surface area (Å²) in [5.74, 6) is 0.901. The Kier molecular flexibility index (Phi) is 4.13. The summed E-state index contributed by atoms with van der Waals surface area (Å²) in [6.45, 7) is 0. The fourth-order valence-electron chi connectivity index (χ4n) is 1.80. The second kappa shape index (κ2) is 6.01. The van der Waals surface area contributed by atoms with Gasteiger partial charge in [-0.05, 0) is 36.3 Å². The molecule has 0 bridgehead atoms. The van der Waals surface area contributed by atoms with Crippen molar-refractivity contribution in [1.29, 1.82) is 0 Å². The molecule has 1 aliphatic rings. The van der Waals surface area contributed by atoms with Crippen molar-refractivity contribution < 1.29 is 9.53 Å². The van der Waals surface area contributed by atoms with Crippen LogP contribution in [-0.4, -0.2) is 12.9 Å². The van der Waals surface area contributed by atoms with Crippen molar-refractivity contribution in [1.82, 2.24) is 0 Å². The zero-order chi connectivity index (χ0) is 12.8. The summed E-state index contributed by atoms with van der Waals surface area (Å²) in [6.07, 6.45) is 11.5. The van der Waals surface area contributed by atoms with E-state index in [1.165, 1.54) is 5.57 Å². The summed E-state index contributed by atoms with van der Waals surface area (Å²) in [5, 5.41) is 0. The highest BCUT2D eigenvalue weighted by Gasteiger charge is 2.04. The van der Waals surface area contributed by atoms with Crippen LogP contribution in [0.15, 0.2) is 60.2 Å². The Balaban J connectivity index is 1.99. The molecule has 0 fully saturated rings. The fraction of sp³-hybridized carbons (Fsp3) is 0.188. The highest BCUT2D eigenvalue weighted by molar-refractivity contribution is 5.97. The van der Waals surface area contributed by atoms with Crippen LogP contribution in [-0.2, 0) is 0 Å². The Bertz CT molecular complexity index is 504. The average molecular weight is 240 g/mol. The first-order valence-corrected chi connectivity index (χ1v) is 5.99. The molecule has 0 N–H and O–H groups in total. The minimum Gasteiger partial charge on any atom is -0.497 e. The molecule has 0 atom stereocenters. The zero-order valence-electron chi connectivity index (χ0n) is 10.4. The Morgan fingerprint density at radius 3 is 2.67 bits per heavy atom. The summed E-state index contributed by atoms with van der Waals surface area (Å²) in [4.78, 5) is 12.0. The Labute approximate surface area is 107 Å². The lowest BCUT2D eigenvalue weighted by Gasteiger charge is -2.03. The number of benzene rings is 1. The van der Waals surface area contributed by atoms with Crippen molar-refractivity contribution in [2.45, 2.75) is 12.8 Å². The minimum atomic E-state index is 0.133. The van der Waals surface area contributed by atoms with E-state index in [9.17, 15) is 4.79 Å². The second-order valence-electron chi connectivity index (χ2n) is 4.13. The van der Waals surface area contributed by atoms with Crippen LogP contribution in [0.1, 0.15) is 23.2 Å². The molecule has 18 heavy (non-hydrogen) atoms. The summed E-state index contributed by atoms with van der Waals surface area (Å²) in [5.41, 5.74) is 1.92. The van der Waals surface area contributed by atoms with Crippen LogP contribution in [0.5, 0.6) is 5.75 Å². The van der Waals surface area contributed by atoms with Crippen molar-refractivity contribution in [2.24, 2.45) is 0 Å². The molecular formula is C16H16O2. The van der Waals surface area contributed by atoms with Gasteiger partial charge in [-0.1, -0.05) is 30.4 Å². The van der Waals surface area contributed by atoms with Crippen molar-refractivity contribution in [3.63, 3.8) is 0 Å². The number of allylic oxidation sites excluding steroid dienone is 6. The van der Waals surface area contributed by atoms with Gasteiger partial charge in [0.15, 0.2) is 5.78 Å². The molecule has 2 rings (SSSR count). The molecule has 92 valence electrons. The van der Waals surface area contributed by atoms with Crippen LogP contribution in [0, 0.1) is 0 Å². The van der Waals surface area contributed by atoms with Crippen LogP contribution < -0.4 is 4.74 Å². The van der Waals surface area contributed by atoms with Gasteiger partial charge in [-0.2, -0.15) is 0 Å². The van der Waals surface area contributed by atoms with E-state index in [0.29, 0.717) is 6.42 Å². The SMILES string of the molecule is COc1ccc(C(=O)C/C=C2/C=CC=CC2)cc1. The molecule has 1 aromatic carbocycles. The number of hydrogen-bond acceptors (Lipinski definition) is 2. The van der Waals surface area contributed by atoms with Crippen molar-refractivity contribution in [3.8, 4) is 5.75 Å². The van der Waals surface area contributed by atoms with Gasteiger partial charge in [0.2, 0.25) is 0 Å². The number of methoxy groups -OCH3 is 1. The number of ether oxygens (including phenoxy) is 1. The molecular weight excluding hydrogens is 224 g/mol. The first-order chi connectivity index (χ1) is 8.79. The third-order valence-corrected chi connectivity index (χ3v) is 2.87. The molecule has 2 heteroatoms. The van der Waals surface area contributed by atoms with Crippen molar-refractivity contribution in [3.05, 3.63) is 65.8 Å². The van der Waals surface area contributed by atoms with Gasteiger partial charge in [-0.15, -0.1) is 0 Å². The van der Waals surface area contributed by atoms with E-state index >= 15 is 0 Å². The van der Waals surface area contributed by atoms with Crippen molar-refractivity contribution >= 4 is 5.78 Å². The molecule has 1 aliphatic carbocycles. The number of Topliss-reactive ketones (excluding diaryl/α,β-unsaturated/α-hetero) is 1. The molecule has 0 spiro atoms. The maximum Gasteiger partial charge on any atom is 0.166 e. The van der Waals surface area contributed by atoms with E-state index in [4.69, 9.17) is 4.74 Å². The molecule has 0 aromatic heterocycles. The second-order valence-corrected chi connectivity index (χ2v) is 4.13. The molecule has 0 aliphatic heterocycles. The Morgan fingerprint density at radius 2 is 2.06 bits per heavy atom. The normalized spacial score (nSPS) is 15.9. The van der Waals surface area contributed by atoms with Gasteiger partial charge in [0.1, 0.15) is 5.75 Å². The predicted octanol–water partition coefficient (Wildman–Crippen LogP) is 3.71. The topological polar surface area (TPSA) is 26.3 Å². The van der Waals surface area contributed by atoms with Crippen molar-refractivity contribution in [2.75, 3.05) is 7.11 Å². The van der Waals surface area contributed by atoms with E-state index in [1.54, 1.807) is 19.2 Å². The number of rotatable bonds is 4. The Hall–Kier alpha value is -2.09. The number of hydrogen-bond donors (Lipinski definition) is 0.